The number of carboxylic acids is 1. The second kappa shape index (κ2) is 7.14. The second-order valence-corrected chi connectivity index (χ2v) is 6.57. The molecule has 0 radical (unpaired) electrons. The summed E-state index contributed by atoms with van der Waals surface area (Å²) >= 11 is 0. The van der Waals surface area contributed by atoms with Gasteiger partial charge in [0, 0.05) is 13.1 Å². The highest BCUT2D eigenvalue weighted by Crippen LogP contribution is 2.29. The number of nitrogens with zero attached hydrogens (tertiary/aromatic N) is 1. The molecule has 2 fully saturated rings. The van der Waals surface area contributed by atoms with E-state index < -0.39 is 11.5 Å². The fourth-order valence-corrected chi connectivity index (χ4v) is 3.35. The fourth-order valence-electron chi connectivity index (χ4n) is 3.35. The van der Waals surface area contributed by atoms with Crippen LogP contribution in [0.1, 0.15) is 64.7 Å². The van der Waals surface area contributed by atoms with Crippen molar-refractivity contribution in [3.63, 3.8) is 0 Å². The van der Waals surface area contributed by atoms with Crippen LogP contribution in [0, 0.1) is 5.92 Å². The minimum atomic E-state index is -1.05. The number of nitrogens with one attached hydrogen (secondary N) is 1. The molecule has 21 heavy (non-hydrogen) atoms. The Balaban J connectivity index is 2.00. The molecule has 2 aliphatic rings. The first-order valence-corrected chi connectivity index (χ1v) is 8.38. The molecule has 0 aromatic heterocycles. The Morgan fingerprint density at radius 3 is 2.19 bits per heavy atom. The van der Waals surface area contributed by atoms with Gasteiger partial charge in [-0.05, 0) is 38.5 Å². The normalized spacial score (nSPS) is 22.0. The average Bonchev–Trinajstić information content (AvgIpc) is 2.64. The van der Waals surface area contributed by atoms with E-state index in [4.69, 9.17) is 0 Å². The van der Waals surface area contributed by atoms with Crippen LogP contribution in [0.5, 0.6) is 0 Å². The van der Waals surface area contributed by atoms with E-state index in [1.54, 1.807) is 4.90 Å². The summed E-state index contributed by atoms with van der Waals surface area (Å²) < 4.78 is 0. The average molecular weight is 296 g/mol. The van der Waals surface area contributed by atoms with E-state index in [0.717, 1.165) is 32.2 Å². The molecule has 5 heteroatoms. The number of aliphatic carboxylic acids is 1. The maximum atomic E-state index is 12.5. The molecule has 0 heterocycles. The Morgan fingerprint density at radius 2 is 1.76 bits per heavy atom. The molecule has 120 valence electrons. The van der Waals surface area contributed by atoms with Crippen LogP contribution in [0.3, 0.4) is 0 Å². The van der Waals surface area contributed by atoms with Gasteiger partial charge in [0.15, 0.2) is 0 Å². The van der Waals surface area contributed by atoms with Crippen LogP contribution in [0.4, 0.5) is 4.79 Å². The van der Waals surface area contributed by atoms with E-state index in [2.05, 4.69) is 5.32 Å². The number of amides is 2. The first-order valence-electron chi connectivity index (χ1n) is 8.38. The van der Waals surface area contributed by atoms with Gasteiger partial charge in [-0.25, -0.2) is 9.59 Å². The highest BCUT2D eigenvalue weighted by atomic mass is 16.4. The van der Waals surface area contributed by atoms with Gasteiger partial charge in [-0.1, -0.05) is 32.1 Å². The highest BCUT2D eigenvalue weighted by molar-refractivity contribution is 5.86. The van der Waals surface area contributed by atoms with Crippen LogP contribution in [0.25, 0.3) is 0 Å². The van der Waals surface area contributed by atoms with Crippen molar-refractivity contribution in [3.05, 3.63) is 0 Å². The van der Waals surface area contributed by atoms with E-state index in [1.165, 1.54) is 19.3 Å². The van der Waals surface area contributed by atoms with E-state index in [1.807, 2.05) is 6.92 Å². The lowest BCUT2D eigenvalue weighted by Gasteiger charge is -2.35. The van der Waals surface area contributed by atoms with Gasteiger partial charge in [0.1, 0.15) is 5.54 Å². The van der Waals surface area contributed by atoms with Crippen LogP contribution < -0.4 is 5.32 Å². The monoisotopic (exact) mass is 296 g/mol. The molecule has 0 aromatic carbocycles. The molecule has 0 spiro atoms. The molecular weight excluding hydrogens is 268 g/mol. The zero-order valence-electron chi connectivity index (χ0n) is 13.1. The Kier molecular flexibility index (Phi) is 5.48. The third-order valence-electron chi connectivity index (χ3n) is 5.08. The summed E-state index contributed by atoms with van der Waals surface area (Å²) in [4.78, 5) is 26.0. The lowest BCUT2D eigenvalue weighted by atomic mass is 9.85. The molecule has 0 saturated heterocycles. The maximum Gasteiger partial charge on any atom is 0.329 e. The fraction of sp³-hybridized carbons (Fsp3) is 0.875. The van der Waals surface area contributed by atoms with Crippen molar-refractivity contribution >= 4 is 12.0 Å². The molecule has 0 aromatic rings. The molecule has 2 amide bonds. The van der Waals surface area contributed by atoms with Crippen LogP contribution in [-0.2, 0) is 4.79 Å². The number of carboxylic acid groups (broad SMARTS) is 1. The summed E-state index contributed by atoms with van der Waals surface area (Å²) in [6.07, 6.45) is 8.60. The minimum Gasteiger partial charge on any atom is -0.480 e. The van der Waals surface area contributed by atoms with Crippen molar-refractivity contribution in [2.24, 2.45) is 5.92 Å². The third-order valence-corrected chi connectivity index (χ3v) is 5.08. The van der Waals surface area contributed by atoms with E-state index >= 15 is 0 Å². The second-order valence-electron chi connectivity index (χ2n) is 6.57. The molecule has 5 nitrogen and oxygen atoms in total. The van der Waals surface area contributed by atoms with Crippen molar-refractivity contribution in [2.75, 3.05) is 13.1 Å². The predicted octanol–water partition coefficient (Wildman–Crippen LogP) is 3.00. The molecule has 2 aliphatic carbocycles. The zero-order chi connectivity index (χ0) is 15.3. The van der Waals surface area contributed by atoms with Crippen LogP contribution >= 0.6 is 0 Å². The first kappa shape index (κ1) is 16.1. The highest BCUT2D eigenvalue weighted by Gasteiger charge is 2.41. The lowest BCUT2D eigenvalue weighted by Crippen LogP contribution is -2.58. The summed E-state index contributed by atoms with van der Waals surface area (Å²) in [5.41, 5.74) is -1.05. The molecule has 2 saturated carbocycles. The first-order chi connectivity index (χ1) is 10.1. The van der Waals surface area contributed by atoms with Crippen molar-refractivity contribution in [3.8, 4) is 0 Å². The number of carbonyl (C=O) groups is 2. The Morgan fingerprint density at radius 1 is 1.14 bits per heavy atom. The van der Waals surface area contributed by atoms with E-state index in [-0.39, 0.29) is 6.03 Å². The number of rotatable bonds is 5. The van der Waals surface area contributed by atoms with Gasteiger partial charge in [0.2, 0.25) is 0 Å². The van der Waals surface area contributed by atoms with Gasteiger partial charge in [-0.15, -0.1) is 0 Å². The van der Waals surface area contributed by atoms with Crippen LogP contribution in [-0.4, -0.2) is 40.6 Å². The third kappa shape index (κ3) is 3.89. The summed E-state index contributed by atoms with van der Waals surface area (Å²) in [5, 5.41) is 12.5. The number of hydrogen-bond acceptors (Lipinski definition) is 2. The Labute approximate surface area is 127 Å². The predicted molar refractivity (Wildman–Crippen MR) is 81.2 cm³/mol. The summed E-state index contributed by atoms with van der Waals surface area (Å²) in [5.74, 6) is -0.275. The molecule has 2 N–H and O–H groups in total. The van der Waals surface area contributed by atoms with Gasteiger partial charge in [0.05, 0.1) is 0 Å². The van der Waals surface area contributed by atoms with Crippen LogP contribution in [0.15, 0.2) is 0 Å². The van der Waals surface area contributed by atoms with Gasteiger partial charge in [-0.3, -0.25) is 0 Å². The summed E-state index contributed by atoms with van der Waals surface area (Å²) in [6, 6.07) is -0.200. The van der Waals surface area contributed by atoms with Gasteiger partial charge < -0.3 is 15.3 Å². The van der Waals surface area contributed by atoms with Crippen molar-refractivity contribution < 1.29 is 14.7 Å². The van der Waals surface area contributed by atoms with Crippen LogP contribution in [0.2, 0.25) is 0 Å². The Hall–Kier alpha value is -1.26. The smallest absolute Gasteiger partial charge is 0.329 e. The number of urea groups is 1. The molecule has 0 atom stereocenters. The molecule has 2 rings (SSSR count). The van der Waals surface area contributed by atoms with Crippen molar-refractivity contribution in [1.29, 1.82) is 0 Å². The van der Waals surface area contributed by atoms with Gasteiger partial charge in [-0.2, -0.15) is 0 Å². The molecule has 0 unspecified atom stereocenters. The van der Waals surface area contributed by atoms with Crippen molar-refractivity contribution in [2.45, 2.75) is 70.3 Å². The zero-order valence-corrected chi connectivity index (χ0v) is 13.1. The summed E-state index contributed by atoms with van der Waals surface area (Å²) in [6.45, 7) is 3.36. The van der Waals surface area contributed by atoms with E-state index in [0.29, 0.717) is 25.3 Å². The lowest BCUT2D eigenvalue weighted by molar-refractivity contribution is -0.145. The van der Waals surface area contributed by atoms with Gasteiger partial charge >= 0.3 is 12.0 Å². The standard InChI is InChI=1S/C16H28N2O3/c1-2-18(12-13-8-7-9-13)15(21)17-16(14(19)20)10-5-3-4-6-11-16/h13H,2-12H2,1H3,(H,17,21)(H,19,20). The topological polar surface area (TPSA) is 69.6 Å². The Bertz CT molecular complexity index is 372. The van der Waals surface area contributed by atoms with Gasteiger partial charge in [0.25, 0.3) is 0 Å². The minimum absolute atomic E-state index is 0.200. The van der Waals surface area contributed by atoms with E-state index in [9.17, 15) is 14.7 Å². The maximum absolute atomic E-state index is 12.5. The van der Waals surface area contributed by atoms with Crippen molar-refractivity contribution in [1.82, 2.24) is 10.2 Å². The SMILES string of the molecule is CCN(CC1CCC1)C(=O)NC1(C(=O)O)CCCCCC1. The molecule has 0 bridgehead atoms. The number of hydrogen-bond donors (Lipinski definition) is 2. The molecule has 0 aliphatic heterocycles. The quantitative estimate of drug-likeness (QED) is 0.766. The molecular formula is C16H28N2O3. The summed E-state index contributed by atoms with van der Waals surface area (Å²) in [7, 11) is 0. The largest absolute Gasteiger partial charge is 0.480 e. The number of carbonyl (C=O) groups excluding carboxylic acids is 1.